The first-order chi connectivity index (χ1) is 7.54. The summed E-state index contributed by atoms with van der Waals surface area (Å²) in [6, 6.07) is 0. The summed E-state index contributed by atoms with van der Waals surface area (Å²) in [4.78, 5) is 8.62. The zero-order valence-corrected chi connectivity index (χ0v) is 10.3. The second kappa shape index (κ2) is 5.65. The lowest BCUT2D eigenvalue weighted by Gasteiger charge is -2.13. The molecule has 0 aliphatic rings. The molecule has 3 N–H and O–H groups in total. The molecule has 0 fully saturated rings. The largest absolute Gasteiger partial charge is 0.393 e. The monoisotopic (exact) mass is 224 g/mol. The molecule has 0 aromatic carbocycles. The SMILES string of the molecule is CNc1nc(C)nc(NCCC(C)O)c1C. The predicted molar refractivity (Wildman–Crippen MR) is 65.8 cm³/mol. The number of hydrogen-bond acceptors (Lipinski definition) is 5. The number of nitrogens with one attached hydrogen (secondary N) is 2. The topological polar surface area (TPSA) is 70.1 Å². The number of anilines is 2. The number of aromatic nitrogens is 2. The van der Waals surface area contributed by atoms with Crippen molar-refractivity contribution in [2.75, 3.05) is 24.2 Å². The molecule has 0 bridgehead atoms. The van der Waals surface area contributed by atoms with E-state index in [2.05, 4.69) is 20.6 Å². The summed E-state index contributed by atoms with van der Waals surface area (Å²) >= 11 is 0. The van der Waals surface area contributed by atoms with Crippen LogP contribution in [0.1, 0.15) is 24.7 Å². The van der Waals surface area contributed by atoms with Crippen LogP contribution in [0.4, 0.5) is 11.6 Å². The molecule has 0 aliphatic heterocycles. The molecule has 1 unspecified atom stereocenters. The fourth-order valence-corrected chi connectivity index (χ4v) is 1.44. The van der Waals surface area contributed by atoms with Crippen LogP contribution in [0, 0.1) is 13.8 Å². The number of aliphatic hydroxyl groups excluding tert-OH is 1. The van der Waals surface area contributed by atoms with E-state index < -0.39 is 0 Å². The third kappa shape index (κ3) is 3.34. The Morgan fingerprint density at radius 1 is 1.25 bits per heavy atom. The molecule has 1 atom stereocenters. The van der Waals surface area contributed by atoms with Gasteiger partial charge >= 0.3 is 0 Å². The van der Waals surface area contributed by atoms with Gasteiger partial charge in [-0.05, 0) is 27.2 Å². The van der Waals surface area contributed by atoms with Gasteiger partial charge in [-0.1, -0.05) is 0 Å². The lowest BCUT2D eigenvalue weighted by molar-refractivity contribution is 0.188. The van der Waals surface area contributed by atoms with Crippen LogP contribution in [0.3, 0.4) is 0 Å². The molecular formula is C11H20N4O. The molecule has 16 heavy (non-hydrogen) atoms. The maximum absolute atomic E-state index is 9.17. The minimum atomic E-state index is -0.292. The molecule has 0 aliphatic carbocycles. The molecule has 1 rings (SSSR count). The standard InChI is InChI=1S/C11H20N4O/c1-7(16)5-6-13-11-8(2)10(12-4)14-9(3)15-11/h7,16H,5-6H2,1-4H3,(H2,12,13,14,15). The average molecular weight is 224 g/mol. The molecule has 0 spiro atoms. The first-order valence-electron chi connectivity index (χ1n) is 5.49. The van der Waals surface area contributed by atoms with Gasteiger partial charge in [0.2, 0.25) is 0 Å². The second-order valence-corrected chi connectivity index (χ2v) is 3.91. The highest BCUT2D eigenvalue weighted by atomic mass is 16.3. The summed E-state index contributed by atoms with van der Waals surface area (Å²) in [7, 11) is 1.84. The number of aryl methyl sites for hydroxylation is 1. The van der Waals surface area contributed by atoms with Crippen molar-refractivity contribution < 1.29 is 5.11 Å². The molecule has 5 nitrogen and oxygen atoms in total. The minimum absolute atomic E-state index is 0.292. The summed E-state index contributed by atoms with van der Waals surface area (Å²) in [5.41, 5.74) is 0.999. The molecule has 0 amide bonds. The number of aliphatic hydroxyl groups is 1. The average Bonchev–Trinajstić information content (AvgIpc) is 2.22. The molecule has 1 aromatic rings. The molecule has 1 heterocycles. The Morgan fingerprint density at radius 2 is 1.88 bits per heavy atom. The van der Waals surface area contributed by atoms with Crippen molar-refractivity contribution in [2.24, 2.45) is 0 Å². The zero-order chi connectivity index (χ0) is 12.1. The maximum Gasteiger partial charge on any atom is 0.134 e. The Bertz CT molecular complexity index is 352. The lowest BCUT2D eigenvalue weighted by Crippen LogP contribution is -2.13. The molecule has 0 radical (unpaired) electrons. The molecular weight excluding hydrogens is 204 g/mol. The van der Waals surface area contributed by atoms with Crippen LogP contribution < -0.4 is 10.6 Å². The Hall–Kier alpha value is -1.36. The van der Waals surface area contributed by atoms with Gasteiger partial charge < -0.3 is 15.7 Å². The Labute approximate surface area is 96.3 Å². The predicted octanol–water partition coefficient (Wildman–Crippen LogP) is 1.32. The third-order valence-electron chi connectivity index (χ3n) is 2.35. The van der Waals surface area contributed by atoms with Gasteiger partial charge in [0.15, 0.2) is 0 Å². The molecule has 90 valence electrons. The van der Waals surface area contributed by atoms with Crippen LogP contribution in [-0.4, -0.2) is 34.8 Å². The first-order valence-corrected chi connectivity index (χ1v) is 5.49. The van der Waals surface area contributed by atoms with Crippen LogP contribution in [0.15, 0.2) is 0 Å². The van der Waals surface area contributed by atoms with E-state index in [9.17, 15) is 0 Å². The molecule has 5 heteroatoms. The van der Waals surface area contributed by atoms with Gasteiger partial charge in [-0.3, -0.25) is 0 Å². The van der Waals surface area contributed by atoms with Crippen LogP contribution in [0.25, 0.3) is 0 Å². The van der Waals surface area contributed by atoms with Crippen molar-refractivity contribution >= 4 is 11.6 Å². The Balaban J connectivity index is 2.75. The summed E-state index contributed by atoms with van der Waals surface area (Å²) < 4.78 is 0. The summed E-state index contributed by atoms with van der Waals surface area (Å²) in [5, 5.41) is 15.4. The van der Waals surface area contributed by atoms with Crippen LogP contribution in [0.2, 0.25) is 0 Å². The van der Waals surface area contributed by atoms with E-state index in [4.69, 9.17) is 5.11 Å². The van der Waals surface area contributed by atoms with Gasteiger partial charge in [-0.25, -0.2) is 9.97 Å². The smallest absolute Gasteiger partial charge is 0.134 e. The highest BCUT2D eigenvalue weighted by molar-refractivity contribution is 5.56. The van der Waals surface area contributed by atoms with Crippen LogP contribution in [-0.2, 0) is 0 Å². The van der Waals surface area contributed by atoms with Crippen molar-refractivity contribution in [1.82, 2.24) is 9.97 Å². The second-order valence-electron chi connectivity index (χ2n) is 3.91. The van der Waals surface area contributed by atoms with E-state index in [0.717, 1.165) is 23.0 Å². The lowest BCUT2D eigenvalue weighted by atomic mass is 10.2. The van der Waals surface area contributed by atoms with Crippen LogP contribution in [0.5, 0.6) is 0 Å². The van der Waals surface area contributed by atoms with E-state index in [1.165, 1.54) is 0 Å². The Morgan fingerprint density at radius 3 is 2.44 bits per heavy atom. The molecule has 0 saturated heterocycles. The van der Waals surface area contributed by atoms with E-state index in [1.807, 2.05) is 20.9 Å². The van der Waals surface area contributed by atoms with Gasteiger partial charge in [0.05, 0.1) is 6.10 Å². The van der Waals surface area contributed by atoms with Gasteiger partial charge in [0.1, 0.15) is 17.5 Å². The van der Waals surface area contributed by atoms with Crippen molar-refractivity contribution in [3.63, 3.8) is 0 Å². The zero-order valence-electron chi connectivity index (χ0n) is 10.3. The van der Waals surface area contributed by atoms with E-state index in [-0.39, 0.29) is 6.10 Å². The summed E-state index contributed by atoms with van der Waals surface area (Å²) in [5.74, 6) is 2.40. The summed E-state index contributed by atoms with van der Waals surface area (Å²) in [6.45, 7) is 6.31. The van der Waals surface area contributed by atoms with Gasteiger partial charge in [-0.15, -0.1) is 0 Å². The van der Waals surface area contributed by atoms with Gasteiger partial charge in [-0.2, -0.15) is 0 Å². The van der Waals surface area contributed by atoms with Gasteiger partial charge in [0.25, 0.3) is 0 Å². The van der Waals surface area contributed by atoms with Crippen molar-refractivity contribution in [3.05, 3.63) is 11.4 Å². The fraction of sp³-hybridized carbons (Fsp3) is 0.636. The van der Waals surface area contributed by atoms with Gasteiger partial charge in [0, 0.05) is 19.2 Å². The van der Waals surface area contributed by atoms with E-state index in [0.29, 0.717) is 13.0 Å². The minimum Gasteiger partial charge on any atom is -0.393 e. The highest BCUT2D eigenvalue weighted by Gasteiger charge is 2.07. The quantitative estimate of drug-likeness (QED) is 0.703. The number of hydrogen-bond donors (Lipinski definition) is 3. The molecule has 0 saturated carbocycles. The first kappa shape index (κ1) is 12.7. The number of rotatable bonds is 5. The summed E-state index contributed by atoms with van der Waals surface area (Å²) in [6.07, 6.45) is 0.414. The van der Waals surface area contributed by atoms with Crippen molar-refractivity contribution in [2.45, 2.75) is 33.3 Å². The maximum atomic E-state index is 9.17. The third-order valence-corrected chi connectivity index (χ3v) is 2.35. The van der Waals surface area contributed by atoms with Crippen molar-refractivity contribution in [3.8, 4) is 0 Å². The Kier molecular flexibility index (Phi) is 4.49. The van der Waals surface area contributed by atoms with E-state index in [1.54, 1.807) is 6.92 Å². The van der Waals surface area contributed by atoms with Crippen LogP contribution >= 0.6 is 0 Å². The fourth-order valence-electron chi connectivity index (χ4n) is 1.44. The van der Waals surface area contributed by atoms with E-state index >= 15 is 0 Å². The highest BCUT2D eigenvalue weighted by Crippen LogP contribution is 2.19. The van der Waals surface area contributed by atoms with Crippen molar-refractivity contribution in [1.29, 1.82) is 0 Å². The normalized spacial score (nSPS) is 12.3. The molecule has 1 aromatic heterocycles. The number of nitrogens with zero attached hydrogens (tertiary/aromatic N) is 2.